The molecule has 0 amide bonds. The van der Waals surface area contributed by atoms with Crippen LogP contribution in [0.2, 0.25) is 0 Å². The van der Waals surface area contributed by atoms with E-state index in [-0.39, 0.29) is 16.9 Å². The molecule has 1 N–H and O–H groups in total. The first-order chi connectivity index (χ1) is 8.70. The van der Waals surface area contributed by atoms with Crippen molar-refractivity contribution in [3.05, 3.63) is 35.1 Å². The molecule has 0 bridgehead atoms. The average Bonchev–Trinajstić information content (AvgIpc) is 2.29. The zero-order valence-corrected chi connectivity index (χ0v) is 12.7. The Kier molecular flexibility index (Phi) is 3.72. The van der Waals surface area contributed by atoms with Gasteiger partial charge in [-0.3, -0.25) is 4.90 Å². The molecule has 1 heterocycles. The van der Waals surface area contributed by atoms with E-state index in [9.17, 15) is 4.39 Å². The molecular weight excluding hydrogens is 239 g/mol. The summed E-state index contributed by atoms with van der Waals surface area (Å²) in [7, 11) is 0. The van der Waals surface area contributed by atoms with Gasteiger partial charge in [-0.2, -0.15) is 0 Å². The number of hydrogen-bond donors (Lipinski definition) is 1. The quantitative estimate of drug-likeness (QED) is 0.883. The molecule has 3 heteroatoms. The molecule has 2 rings (SSSR count). The van der Waals surface area contributed by atoms with Gasteiger partial charge >= 0.3 is 0 Å². The Hall–Kier alpha value is -0.930. The highest BCUT2D eigenvalue weighted by Gasteiger charge is 2.37. The summed E-state index contributed by atoms with van der Waals surface area (Å²) in [5.74, 6) is -0.146. The van der Waals surface area contributed by atoms with E-state index in [2.05, 4.69) is 44.8 Å². The van der Waals surface area contributed by atoms with E-state index in [1.807, 2.05) is 6.07 Å². The monoisotopic (exact) mass is 264 g/mol. The molecule has 0 unspecified atom stereocenters. The van der Waals surface area contributed by atoms with Crippen LogP contribution in [0.3, 0.4) is 0 Å². The van der Waals surface area contributed by atoms with E-state index < -0.39 is 0 Å². The Morgan fingerprint density at radius 2 is 1.95 bits per heavy atom. The minimum Gasteiger partial charge on any atom is -0.309 e. The van der Waals surface area contributed by atoms with E-state index in [4.69, 9.17) is 0 Å². The lowest BCUT2D eigenvalue weighted by Crippen LogP contribution is -2.65. The van der Waals surface area contributed by atoms with Gasteiger partial charge in [0.1, 0.15) is 5.82 Å². The largest absolute Gasteiger partial charge is 0.309 e. The van der Waals surface area contributed by atoms with Gasteiger partial charge in [-0.15, -0.1) is 0 Å². The number of rotatable bonds is 2. The lowest BCUT2D eigenvalue weighted by atomic mass is 9.90. The summed E-state index contributed by atoms with van der Waals surface area (Å²) in [5, 5.41) is 3.57. The Morgan fingerprint density at radius 1 is 1.26 bits per heavy atom. The van der Waals surface area contributed by atoms with Crippen LogP contribution in [-0.4, -0.2) is 29.1 Å². The summed E-state index contributed by atoms with van der Waals surface area (Å²) in [5.41, 5.74) is 2.45. The van der Waals surface area contributed by atoms with Gasteiger partial charge in [0.05, 0.1) is 0 Å². The molecule has 0 radical (unpaired) electrons. The Labute approximate surface area is 116 Å². The molecular formula is C16H25FN2. The first-order valence-corrected chi connectivity index (χ1v) is 6.95. The third kappa shape index (κ3) is 3.34. The molecule has 1 aliphatic rings. The number of nitrogens with zero attached hydrogens (tertiary/aromatic N) is 1. The van der Waals surface area contributed by atoms with E-state index in [0.29, 0.717) is 0 Å². The summed E-state index contributed by atoms with van der Waals surface area (Å²) in [6.07, 6.45) is 0. The van der Waals surface area contributed by atoms with Gasteiger partial charge in [-0.25, -0.2) is 4.39 Å². The maximum absolute atomic E-state index is 13.4. The fourth-order valence-corrected chi connectivity index (χ4v) is 2.60. The van der Waals surface area contributed by atoms with Crippen molar-refractivity contribution in [1.82, 2.24) is 10.2 Å². The first kappa shape index (κ1) is 14.5. The van der Waals surface area contributed by atoms with Crippen molar-refractivity contribution < 1.29 is 4.39 Å². The molecule has 0 atom stereocenters. The molecule has 1 saturated heterocycles. The molecule has 1 aliphatic heterocycles. The van der Waals surface area contributed by atoms with Crippen LogP contribution in [0.15, 0.2) is 18.2 Å². The first-order valence-electron chi connectivity index (χ1n) is 6.95. The van der Waals surface area contributed by atoms with Crippen molar-refractivity contribution in [2.75, 3.05) is 13.1 Å². The molecule has 19 heavy (non-hydrogen) atoms. The third-order valence-corrected chi connectivity index (χ3v) is 4.11. The lowest BCUT2D eigenvalue weighted by molar-refractivity contribution is 0.0322. The summed E-state index contributed by atoms with van der Waals surface area (Å²) in [4.78, 5) is 2.45. The van der Waals surface area contributed by atoms with Crippen LogP contribution >= 0.6 is 0 Å². The van der Waals surface area contributed by atoms with Gasteiger partial charge in [0.25, 0.3) is 0 Å². The van der Waals surface area contributed by atoms with Crippen molar-refractivity contribution in [3.63, 3.8) is 0 Å². The molecule has 106 valence electrons. The van der Waals surface area contributed by atoms with Crippen LogP contribution in [0.25, 0.3) is 0 Å². The normalized spacial score (nSPS) is 22.4. The maximum Gasteiger partial charge on any atom is 0.123 e. The van der Waals surface area contributed by atoms with Crippen LogP contribution in [0.1, 0.15) is 38.8 Å². The fraction of sp³-hybridized carbons (Fsp3) is 0.625. The van der Waals surface area contributed by atoms with Crippen LogP contribution in [0, 0.1) is 12.7 Å². The van der Waals surface area contributed by atoms with Crippen molar-refractivity contribution in [2.24, 2.45) is 0 Å². The Bertz CT molecular complexity index is 466. The predicted octanol–water partition coefficient (Wildman–Crippen LogP) is 3.10. The van der Waals surface area contributed by atoms with Gasteiger partial charge < -0.3 is 5.32 Å². The molecule has 0 spiro atoms. The average molecular weight is 264 g/mol. The Balaban J connectivity index is 2.22. The molecule has 0 aromatic heterocycles. The number of halogens is 1. The molecule has 1 fully saturated rings. The lowest BCUT2D eigenvalue weighted by Gasteiger charge is -2.49. The highest BCUT2D eigenvalue weighted by Crippen LogP contribution is 2.26. The minimum absolute atomic E-state index is 0.0915. The van der Waals surface area contributed by atoms with Gasteiger partial charge in [0, 0.05) is 30.7 Å². The van der Waals surface area contributed by atoms with Gasteiger partial charge in [-0.05, 0) is 57.9 Å². The van der Waals surface area contributed by atoms with E-state index in [1.165, 1.54) is 6.07 Å². The highest BCUT2D eigenvalue weighted by atomic mass is 19.1. The Morgan fingerprint density at radius 3 is 2.63 bits per heavy atom. The summed E-state index contributed by atoms with van der Waals surface area (Å²) in [6, 6.07) is 5.07. The molecule has 0 aliphatic carbocycles. The van der Waals surface area contributed by atoms with Gasteiger partial charge in [0.15, 0.2) is 0 Å². The van der Waals surface area contributed by atoms with E-state index in [1.54, 1.807) is 6.07 Å². The molecule has 2 nitrogen and oxygen atoms in total. The molecule has 1 aromatic rings. The van der Waals surface area contributed by atoms with Crippen LogP contribution < -0.4 is 5.32 Å². The van der Waals surface area contributed by atoms with E-state index >= 15 is 0 Å². The number of benzene rings is 1. The second kappa shape index (κ2) is 4.88. The maximum atomic E-state index is 13.4. The molecule has 1 aromatic carbocycles. The number of hydrogen-bond acceptors (Lipinski definition) is 2. The number of piperazine rings is 1. The van der Waals surface area contributed by atoms with Crippen molar-refractivity contribution >= 4 is 0 Å². The highest BCUT2D eigenvalue weighted by molar-refractivity contribution is 5.27. The zero-order valence-electron chi connectivity index (χ0n) is 12.7. The summed E-state index contributed by atoms with van der Waals surface area (Å²) in [6.45, 7) is 13.7. The van der Waals surface area contributed by atoms with Crippen LogP contribution in [0.5, 0.6) is 0 Å². The zero-order chi connectivity index (χ0) is 14.3. The topological polar surface area (TPSA) is 15.3 Å². The van der Waals surface area contributed by atoms with Crippen molar-refractivity contribution in [2.45, 2.75) is 52.2 Å². The predicted molar refractivity (Wildman–Crippen MR) is 77.7 cm³/mol. The van der Waals surface area contributed by atoms with Gasteiger partial charge in [-0.1, -0.05) is 6.07 Å². The van der Waals surface area contributed by atoms with Crippen LogP contribution in [0.4, 0.5) is 4.39 Å². The summed E-state index contributed by atoms with van der Waals surface area (Å²) >= 11 is 0. The third-order valence-electron chi connectivity index (χ3n) is 4.11. The molecule has 0 saturated carbocycles. The van der Waals surface area contributed by atoms with Crippen LogP contribution in [-0.2, 0) is 6.54 Å². The number of aryl methyl sites for hydroxylation is 1. The second-order valence-electron chi connectivity index (χ2n) is 6.98. The standard InChI is InChI=1S/C16H25FN2/c1-12-6-7-14(17)8-13(12)9-19-11-15(2,3)18-10-16(19,4)5/h6-8,18H,9-11H2,1-5H3. The van der Waals surface area contributed by atoms with Crippen molar-refractivity contribution in [1.29, 1.82) is 0 Å². The van der Waals surface area contributed by atoms with Gasteiger partial charge in [0.2, 0.25) is 0 Å². The second-order valence-corrected chi connectivity index (χ2v) is 6.98. The smallest absolute Gasteiger partial charge is 0.123 e. The SMILES string of the molecule is Cc1ccc(F)cc1CN1CC(C)(C)NCC1(C)C. The fourth-order valence-electron chi connectivity index (χ4n) is 2.60. The van der Waals surface area contributed by atoms with Crippen molar-refractivity contribution in [3.8, 4) is 0 Å². The minimum atomic E-state index is -0.146. The summed E-state index contributed by atoms with van der Waals surface area (Å²) < 4.78 is 13.4. The number of nitrogens with one attached hydrogen (secondary N) is 1. The van der Waals surface area contributed by atoms with E-state index in [0.717, 1.165) is 30.8 Å².